The molecule has 1 rings (SSSR count). The first-order valence-corrected chi connectivity index (χ1v) is 6.70. The summed E-state index contributed by atoms with van der Waals surface area (Å²) in [7, 11) is 0. The summed E-state index contributed by atoms with van der Waals surface area (Å²) >= 11 is 0. The number of rotatable bonds is 8. The van der Waals surface area contributed by atoms with Gasteiger partial charge in [-0.05, 0) is 18.4 Å². The van der Waals surface area contributed by atoms with E-state index in [0.717, 1.165) is 0 Å². The molecule has 0 bridgehead atoms. The van der Waals surface area contributed by atoms with E-state index in [1.54, 1.807) is 6.07 Å². The standard InChI is InChI=1S/C15H22FNO3/c1-11(2)9-20-8-7-15(10-17,14(18)19)12-5-3-4-6-13(12)16/h3-6,11H,7-10,17H2,1-2H3,(H,18,19). The van der Waals surface area contributed by atoms with Crippen molar-refractivity contribution in [3.63, 3.8) is 0 Å². The monoisotopic (exact) mass is 283 g/mol. The first-order chi connectivity index (χ1) is 9.44. The predicted octanol–water partition coefficient (Wildman–Crippen LogP) is 2.17. The van der Waals surface area contributed by atoms with E-state index in [1.807, 2.05) is 13.8 Å². The molecule has 112 valence electrons. The third kappa shape index (κ3) is 3.77. The molecule has 5 heteroatoms. The van der Waals surface area contributed by atoms with Gasteiger partial charge in [0.05, 0.1) is 0 Å². The van der Waals surface area contributed by atoms with Crippen molar-refractivity contribution in [2.45, 2.75) is 25.7 Å². The van der Waals surface area contributed by atoms with E-state index < -0.39 is 17.2 Å². The molecule has 20 heavy (non-hydrogen) atoms. The minimum atomic E-state index is -1.44. The number of carbonyl (C=O) groups is 1. The molecule has 1 atom stereocenters. The SMILES string of the molecule is CC(C)COCCC(CN)(C(=O)O)c1ccccc1F. The minimum absolute atomic E-state index is 0.114. The number of carboxylic acid groups (broad SMARTS) is 1. The molecule has 0 saturated heterocycles. The summed E-state index contributed by atoms with van der Waals surface area (Å²) in [4.78, 5) is 11.6. The minimum Gasteiger partial charge on any atom is -0.481 e. The van der Waals surface area contributed by atoms with Crippen LogP contribution in [0.2, 0.25) is 0 Å². The van der Waals surface area contributed by atoms with Gasteiger partial charge >= 0.3 is 5.97 Å². The van der Waals surface area contributed by atoms with Gasteiger partial charge in [0.2, 0.25) is 0 Å². The Morgan fingerprint density at radius 2 is 2.10 bits per heavy atom. The fourth-order valence-electron chi connectivity index (χ4n) is 2.07. The van der Waals surface area contributed by atoms with Crippen LogP contribution in [-0.2, 0) is 14.9 Å². The average molecular weight is 283 g/mol. The molecular formula is C15H22FNO3. The lowest BCUT2D eigenvalue weighted by atomic mass is 9.77. The Morgan fingerprint density at radius 3 is 2.60 bits per heavy atom. The van der Waals surface area contributed by atoms with Gasteiger partial charge in [-0.15, -0.1) is 0 Å². The summed E-state index contributed by atoms with van der Waals surface area (Å²) in [6, 6.07) is 5.86. The first kappa shape index (κ1) is 16.6. The molecule has 1 unspecified atom stereocenters. The van der Waals surface area contributed by atoms with Crippen LogP contribution >= 0.6 is 0 Å². The molecular weight excluding hydrogens is 261 g/mol. The lowest BCUT2D eigenvalue weighted by Gasteiger charge is -2.28. The molecule has 0 aliphatic heterocycles. The van der Waals surface area contributed by atoms with Crippen molar-refractivity contribution < 1.29 is 19.0 Å². The third-order valence-corrected chi connectivity index (χ3v) is 3.27. The predicted molar refractivity (Wildman–Crippen MR) is 75.0 cm³/mol. The number of nitrogens with two attached hydrogens (primary N) is 1. The van der Waals surface area contributed by atoms with E-state index >= 15 is 0 Å². The molecule has 0 aliphatic rings. The summed E-state index contributed by atoms with van der Waals surface area (Å²) in [5.41, 5.74) is 4.32. The van der Waals surface area contributed by atoms with E-state index in [-0.39, 0.29) is 25.1 Å². The number of carboxylic acids is 1. The maximum atomic E-state index is 13.9. The van der Waals surface area contributed by atoms with Gasteiger partial charge in [-0.2, -0.15) is 0 Å². The summed E-state index contributed by atoms with van der Waals surface area (Å²) in [5.74, 6) is -1.32. The maximum absolute atomic E-state index is 13.9. The summed E-state index contributed by atoms with van der Waals surface area (Å²) in [6.45, 7) is 4.61. The number of hydrogen-bond donors (Lipinski definition) is 2. The lowest BCUT2D eigenvalue weighted by Crippen LogP contribution is -2.44. The van der Waals surface area contributed by atoms with Crippen LogP contribution in [0.1, 0.15) is 25.8 Å². The Bertz CT molecular complexity index is 450. The zero-order chi connectivity index (χ0) is 15.2. The second kappa shape index (κ2) is 7.36. The van der Waals surface area contributed by atoms with E-state index in [0.29, 0.717) is 12.5 Å². The molecule has 0 aliphatic carbocycles. The topological polar surface area (TPSA) is 72.5 Å². The highest BCUT2D eigenvalue weighted by Gasteiger charge is 2.40. The van der Waals surface area contributed by atoms with Crippen molar-refractivity contribution in [1.29, 1.82) is 0 Å². The average Bonchev–Trinajstić information content (AvgIpc) is 2.40. The number of benzene rings is 1. The zero-order valence-corrected chi connectivity index (χ0v) is 11.9. The van der Waals surface area contributed by atoms with E-state index in [1.165, 1.54) is 18.2 Å². The van der Waals surface area contributed by atoms with Crippen LogP contribution in [0.15, 0.2) is 24.3 Å². The van der Waals surface area contributed by atoms with Crippen LogP contribution in [0.25, 0.3) is 0 Å². The molecule has 0 saturated carbocycles. The van der Waals surface area contributed by atoms with Crippen LogP contribution in [0.4, 0.5) is 4.39 Å². The van der Waals surface area contributed by atoms with Crippen molar-refractivity contribution >= 4 is 5.97 Å². The molecule has 0 fully saturated rings. The number of ether oxygens (including phenoxy) is 1. The molecule has 1 aromatic rings. The van der Waals surface area contributed by atoms with Gasteiger partial charge in [0.1, 0.15) is 11.2 Å². The van der Waals surface area contributed by atoms with Crippen molar-refractivity contribution in [3.05, 3.63) is 35.6 Å². The Balaban J connectivity index is 2.93. The Labute approximate surface area is 118 Å². The van der Waals surface area contributed by atoms with Gasteiger partial charge in [0.15, 0.2) is 0 Å². The second-order valence-electron chi connectivity index (χ2n) is 5.29. The van der Waals surface area contributed by atoms with Crippen molar-refractivity contribution in [2.75, 3.05) is 19.8 Å². The molecule has 4 nitrogen and oxygen atoms in total. The van der Waals surface area contributed by atoms with Crippen molar-refractivity contribution in [3.8, 4) is 0 Å². The maximum Gasteiger partial charge on any atom is 0.315 e. The van der Waals surface area contributed by atoms with E-state index in [4.69, 9.17) is 10.5 Å². The molecule has 1 aromatic carbocycles. The molecule has 0 spiro atoms. The lowest BCUT2D eigenvalue weighted by molar-refractivity contribution is -0.144. The Morgan fingerprint density at radius 1 is 1.45 bits per heavy atom. The van der Waals surface area contributed by atoms with Crippen LogP contribution in [-0.4, -0.2) is 30.8 Å². The van der Waals surface area contributed by atoms with Gasteiger partial charge in [0.25, 0.3) is 0 Å². The summed E-state index contributed by atoms with van der Waals surface area (Å²) < 4.78 is 19.3. The quantitative estimate of drug-likeness (QED) is 0.717. The van der Waals surface area contributed by atoms with E-state index in [9.17, 15) is 14.3 Å². The fourth-order valence-corrected chi connectivity index (χ4v) is 2.07. The highest BCUT2D eigenvalue weighted by atomic mass is 19.1. The Kier molecular flexibility index (Phi) is 6.10. The van der Waals surface area contributed by atoms with Gasteiger partial charge in [-0.1, -0.05) is 32.0 Å². The first-order valence-electron chi connectivity index (χ1n) is 6.70. The second-order valence-corrected chi connectivity index (χ2v) is 5.29. The van der Waals surface area contributed by atoms with Gasteiger partial charge in [-0.25, -0.2) is 4.39 Å². The van der Waals surface area contributed by atoms with Crippen molar-refractivity contribution in [2.24, 2.45) is 11.7 Å². The normalized spacial score (nSPS) is 14.2. The smallest absolute Gasteiger partial charge is 0.315 e. The highest BCUT2D eigenvalue weighted by molar-refractivity contribution is 5.81. The van der Waals surface area contributed by atoms with E-state index in [2.05, 4.69) is 0 Å². The van der Waals surface area contributed by atoms with Crippen LogP contribution in [0, 0.1) is 11.7 Å². The zero-order valence-electron chi connectivity index (χ0n) is 11.9. The van der Waals surface area contributed by atoms with Crippen molar-refractivity contribution in [1.82, 2.24) is 0 Å². The van der Waals surface area contributed by atoms with Gasteiger partial charge < -0.3 is 15.6 Å². The molecule has 0 radical (unpaired) electrons. The van der Waals surface area contributed by atoms with Gasteiger partial charge in [-0.3, -0.25) is 4.79 Å². The Hall–Kier alpha value is -1.46. The van der Waals surface area contributed by atoms with Crippen LogP contribution < -0.4 is 5.73 Å². The number of halogens is 1. The summed E-state index contributed by atoms with van der Waals surface area (Å²) in [5, 5.41) is 9.51. The highest BCUT2D eigenvalue weighted by Crippen LogP contribution is 2.30. The third-order valence-electron chi connectivity index (χ3n) is 3.27. The molecule has 0 heterocycles. The number of aliphatic carboxylic acids is 1. The molecule has 0 amide bonds. The molecule has 3 N–H and O–H groups in total. The number of hydrogen-bond acceptors (Lipinski definition) is 3. The molecule has 0 aromatic heterocycles. The van der Waals surface area contributed by atoms with Gasteiger partial charge in [0, 0.05) is 25.3 Å². The largest absolute Gasteiger partial charge is 0.481 e. The van der Waals surface area contributed by atoms with Crippen LogP contribution in [0.5, 0.6) is 0 Å². The summed E-state index contributed by atoms with van der Waals surface area (Å²) in [6.07, 6.45) is 0.145. The van der Waals surface area contributed by atoms with Crippen LogP contribution in [0.3, 0.4) is 0 Å². The fraction of sp³-hybridized carbons (Fsp3) is 0.533.